The first-order valence-electron chi connectivity index (χ1n) is 4.70. The lowest BCUT2D eigenvalue weighted by Crippen LogP contribution is -2.42. The second-order valence-corrected chi connectivity index (χ2v) is 3.07. The third-order valence-electron chi connectivity index (χ3n) is 1.70. The van der Waals surface area contributed by atoms with Crippen molar-refractivity contribution < 1.29 is 0 Å². The Morgan fingerprint density at radius 3 is 1.33 bits per heavy atom. The maximum atomic E-state index is 5.68. The van der Waals surface area contributed by atoms with Crippen LogP contribution >= 0.6 is 0 Å². The molecule has 0 aromatic rings. The predicted molar refractivity (Wildman–Crippen MR) is 52.1 cm³/mol. The highest BCUT2D eigenvalue weighted by molar-refractivity contribution is 4.52. The van der Waals surface area contributed by atoms with Gasteiger partial charge in [-0.2, -0.15) is 0 Å². The fraction of sp³-hybridized carbons (Fsp3) is 1.00. The zero-order valence-electron chi connectivity index (χ0n) is 8.29. The van der Waals surface area contributed by atoms with Gasteiger partial charge in [-0.25, -0.2) is 10.0 Å². The number of hydrazine groups is 2. The third kappa shape index (κ3) is 6.54. The van der Waals surface area contributed by atoms with Gasteiger partial charge in [0.25, 0.3) is 0 Å². The van der Waals surface area contributed by atoms with Crippen LogP contribution in [0.2, 0.25) is 0 Å². The molecule has 0 spiro atoms. The monoisotopic (exact) mass is 174 g/mol. The predicted octanol–water partition coefficient (Wildman–Crippen LogP) is 0.158. The summed E-state index contributed by atoms with van der Waals surface area (Å²) < 4.78 is 0. The molecule has 0 atom stereocenters. The van der Waals surface area contributed by atoms with Gasteiger partial charge < -0.3 is 0 Å². The lowest BCUT2D eigenvalue weighted by atomic mass is 10.4. The maximum Gasteiger partial charge on any atom is 0.0270 e. The SMILES string of the molecule is CCCN(N)CCN(N)CCC. The molecule has 0 aliphatic heterocycles. The smallest absolute Gasteiger partial charge is 0.0270 e. The average Bonchev–Trinajstić information content (AvgIpc) is 2.02. The van der Waals surface area contributed by atoms with Crippen molar-refractivity contribution in [2.45, 2.75) is 26.7 Å². The van der Waals surface area contributed by atoms with Crippen molar-refractivity contribution in [3.05, 3.63) is 0 Å². The van der Waals surface area contributed by atoms with Crippen LogP contribution in [0.25, 0.3) is 0 Å². The van der Waals surface area contributed by atoms with Gasteiger partial charge in [-0.15, -0.1) is 0 Å². The first-order chi connectivity index (χ1) is 5.70. The molecule has 0 amide bonds. The Labute approximate surface area is 75.4 Å². The van der Waals surface area contributed by atoms with Crippen molar-refractivity contribution in [3.8, 4) is 0 Å². The standard InChI is InChI=1S/C8H22N4/c1-3-5-11(9)7-8-12(10)6-4-2/h3-10H2,1-2H3. The highest BCUT2D eigenvalue weighted by Crippen LogP contribution is 1.86. The number of hydrogen-bond donors (Lipinski definition) is 2. The Morgan fingerprint density at radius 1 is 0.750 bits per heavy atom. The van der Waals surface area contributed by atoms with Crippen LogP contribution in [0.15, 0.2) is 0 Å². The van der Waals surface area contributed by atoms with Gasteiger partial charge in [-0.3, -0.25) is 11.7 Å². The van der Waals surface area contributed by atoms with E-state index in [2.05, 4.69) is 13.8 Å². The summed E-state index contributed by atoms with van der Waals surface area (Å²) in [4.78, 5) is 0. The highest BCUT2D eigenvalue weighted by atomic mass is 15.4. The molecule has 0 aliphatic rings. The van der Waals surface area contributed by atoms with E-state index < -0.39 is 0 Å². The van der Waals surface area contributed by atoms with Crippen LogP contribution < -0.4 is 11.7 Å². The van der Waals surface area contributed by atoms with E-state index in [1.165, 1.54) is 0 Å². The van der Waals surface area contributed by atoms with Crippen molar-refractivity contribution in [3.63, 3.8) is 0 Å². The van der Waals surface area contributed by atoms with Crippen molar-refractivity contribution in [1.29, 1.82) is 0 Å². The van der Waals surface area contributed by atoms with Gasteiger partial charge >= 0.3 is 0 Å². The largest absolute Gasteiger partial charge is 0.269 e. The van der Waals surface area contributed by atoms with Gasteiger partial charge in [-0.1, -0.05) is 13.8 Å². The van der Waals surface area contributed by atoms with E-state index in [0.717, 1.165) is 39.0 Å². The van der Waals surface area contributed by atoms with Crippen molar-refractivity contribution in [2.75, 3.05) is 26.2 Å². The van der Waals surface area contributed by atoms with Gasteiger partial charge in [-0.05, 0) is 12.8 Å². The summed E-state index contributed by atoms with van der Waals surface area (Å²) in [6.45, 7) is 7.83. The van der Waals surface area contributed by atoms with Gasteiger partial charge in [0.05, 0.1) is 0 Å². The summed E-state index contributed by atoms with van der Waals surface area (Å²) in [7, 11) is 0. The van der Waals surface area contributed by atoms with Crippen LogP contribution in [0.4, 0.5) is 0 Å². The minimum atomic E-state index is 0.852. The zero-order valence-corrected chi connectivity index (χ0v) is 8.29. The second kappa shape index (κ2) is 7.49. The van der Waals surface area contributed by atoms with E-state index in [1.54, 1.807) is 0 Å². The number of rotatable bonds is 7. The van der Waals surface area contributed by atoms with Crippen molar-refractivity contribution in [2.24, 2.45) is 11.7 Å². The van der Waals surface area contributed by atoms with Gasteiger partial charge in [0.15, 0.2) is 0 Å². The quantitative estimate of drug-likeness (QED) is 0.426. The van der Waals surface area contributed by atoms with Crippen LogP contribution in [0.1, 0.15) is 26.7 Å². The lowest BCUT2D eigenvalue weighted by molar-refractivity contribution is 0.208. The minimum absolute atomic E-state index is 0.852. The van der Waals surface area contributed by atoms with Crippen LogP contribution in [-0.2, 0) is 0 Å². The molecule has 0 aromatic heterocycles. The van der Waals surface area contributed by atoms with E-state index in [0.29, 0.717) is 0 Å². The molecular weight excluding hydrogens is 152 g/mol. The number of nitrogens with two attached hydrogens (primary N) is 2. The van der Waals surface area contributed by atoms with Crippen molar-refractivity contribution >= 4 is 0 Å². The molecule has 0 saturated heterocycles. The molecule has 4 nitrogen and oxygen atoms in total. The van der Waals surface area contributed by atoms with Crippen LogP contribution in [0.3, 0.4) is 0 Å². The third-order valence-corrected chi connectivity index (χ3v) is 1.70. The van der Waals surface area contributed by atoms with E-state index in [9.17, 15) is 0 Å². The average molecular weight is 174 g/mol. The highest BCUT2D eigenvalue weighted by Gasteiger charge is 2.00. The maximum absolute atomic E-state index is 5.68. The van der Waals surface area contributed by atoms with Crippen molar-refractivity contribution in [1.82, 2.24) is 10.0 Å². The molecule has 12 heavy (non-hydrogen) atoms. The van der Waals surface area contributed by atoms with Crippen LogP contribution in [0.5, 0.6) is 0 Å². The second-order valence-electron chi connectivity index (χ2n) is 3.07. The lowest BCUT2D eigenvalue weighted by Gasteiger charge is -2.20. The molecular formula is C8H22N4. The number of nitrogens with zero attached hydrogens (tertiary/aromatic N) is 2. The summed E-state index contributed by atoms with van der Waals surface area (Å²) in [6.07, 6.45) is 2.18. The normalized spacial score (nSPS) is 11.5. The molecule has 0 heterocycles. The van der Waals surface area contributed by atoms with Crippen LogP contribution in [0, 0.1) is 0 Å². The number of hydrogen-bond acceptors (Lipinski definition) is 4. The first kappa shape index (κ1) is 11.8. The Kier molecular flexibility index (Phi) is 7.39. The van der Waals surface area contributed by atoms with E-state index in [1.807, 2.05) is 10.0 Å². The van der Waals surface area contributed by atoms with E-state index in [4.69, 9.17) is 11.7 Å². The molecule has 74 valence electrons. The Hall–Kier alpha value is -0.160. The summed E-state index contributed by atoms with van der Waals surface area (Å²) in [6, 6.07) is 0. The molecule has 0 aliphatic carbocycles. The van der Waals surface area contributed by atoms with Gasteiger partial charge in [0.1, 0.15) is 0 Å². The van der Waals surface area contributed by atoms with Gasteiger partial charge in [0.2, 0.25) is 0 Å². The summed E-state index contributed by atoms with van der Waals surface area (Å²) in [5.74, 6) is 11.4. The van der Waals surface area contributed by atoms with E-state index in [-0.39, 0.29) is 0 Å². The molecule has 0 radical (unpaired) electrons. The van der Waals surface area contributed by atoms with E-state index >= 15 is 0 Å². The molecule has 0 bridgehead atoms. The fourth-order valence-electron chi connectivity index (χ4n) is 1.05. The molecule has 0 unspecified atom stereocenters. The molecule has 0 fully saturated rings. The molecule has 0 aromatic carbocycles. The summed E-state index contributed by atoms with van der Waals surface area (Å²) in [5.41, 5.74) is 0. The fourth-order valence-corrected chi connectivity index (χ4v) is 1.05. The Bertz CT molecular complexity index is 85.1. The molecule has 4 heteroatoms. The molecule has 0 saturated carbocycles. The minimum Gasteiger partial charge on any atom is -0.269 e. The molecule has 4 N–H and O–H groups in total. The Morgan fingerprint density at radius 2 is 1.08 bits per heavy atom. The first-order valence-corrected chi connectivity index (χ1v) is 4.70. The van der Waals surface area contributed by atoms with Crippen LogP contribution in [-0.4, -0.2) is 36.2 Å². The van der Waals surface area contributed by atoms with Gasteiger partial charge in [0, 0.05) is 26.2 Å². The topological polar surface area (TPSA) is 58.5 Å². The summed E-state index contributed by atoms with van der Waals surface area (Å²) >= 11 is 0. The molecule has 0 rings (SSSR count). The summed E-state index contributed by atoms with van der Waals surface area (Å²) in [5, 5.41) is 3.63. The zero-order chi connectivity index (χ0) is 9.40. The Balaban J connectivity index is 3.27.